The van der Waals surface area contributed by atoms with Crippen LogP contribution >= 0.6 is 0 Å². The quantitative estimate of drug-likeness (QED) is 0.792. The lowest BCUT2D eigenvalue weighted by molar-refractivity contribution is 0.374. The SMILES string of the molecule is CCC(C)(C)NCc1cc(C)cc(C)c1. The molecule has 0 radical (unpaired) electrons. The van der Waals surface area contributed by atoms with E-state index < -0.39 is 0 Å². The zero-order valence-corrected chi connectivity index (χ0v) is 10.6. The van der Waals surface area contributed by atoms with Gasteiger partial charge in [-0.15, -0.1) is 0 Å². The number of aryl methyl sites for hydroxylation is 2. The summed E-state index contributed by atoms with van der Waals surface area (Å²) in [6, 6.07) is 6.73. The highest BCUT2D eigenvalue weighted by Crippen LogP contribution is 2.12. The van der Waals surface area contributed by atoms with Crippen LogP contribution in [0, 0.1) is 13.8 Å². The van der Waals surface area contributed by atoms with Gasteiger partial charge in [-0.1, -0.05) is 36.2 Å². The standard InChI is InChI=1S/C14H23N/c1-6-14(4,5)15-10-13-8-11(2)7-12(3)9-13/h7-9,15H,6,10H2,1-5H3. The maximum Gasteiger partial charge on any atom is 0.0210 e. The fraction of sp³-hybridized carbons (Fsp3) is 0.571. The van der Waals surface area contributed by atoms with E-state index in [-0.39, 0.29) is 5.54 Å². The predicted octanol–water partition coefficient (Wildman–Crippen LogP) is 3.58. The van der Waals surface area contributed by atoms with Gasteiger partial charge in [-0.3, -0.25) is 0 Å². The van der Waals surface area contributed by atoms with Gasteiger partial charge in [0.05, 0.1) is 0 Å². The molecule has 0 amide bonds. The van der Waals surface area contributed by atoms with Crippen LogP contribution in [-0.4, -0.2) is 5.54 Å². The molecule has 0 aromatic heterocycles. The average molecular weight is 205 g/mol. The van der Waals surface area contributed by atoms with E-state index in [0.29, 0.717) is 0 Å². The molecule has 0 unspecified atom stereocenters. The number of rotatable bonds is 4. The molecule has 0 spiro atoms. The summed E-state index contributed by atoms with van der Waals surface area (Å²) in [6.45, 7) is 12.0. The second kappa shape index (κ2) is 4.80. The van der Waals surface area contributed by atoms with E-state index in [9.17, 15) is 0 Å². The topological polar surface area (TPSA) is 12.0 Å². The first-order valence-corrected chi connectivity index (χ1v) is 5.75. The van der Waals surface area contributed by atoms with Crippen molar-refractivity contribution in [3.63, 3.8) is 0 Å². The Kier molecular flexibility index (Phi) is 3.92. The number of benzene rings is 1. The van der Waals surface area contributed by atoms with E-state index in [1.165, 1.54) is 16.7 Å². The number of hydrogen-bond acceptors (Lipinski definition) is 1. The second-order valence-electron chi connectivity index (χ2n) is 5.09. The molecule has 1 heteroatoms. The first-order chi connectivity index (χ1) is 6.93. The summed E-state index contributed by atoms with van der Waals surface area (Å²) in [4.78, 5) is 0. The van der Waals surface area contributed by atoms with Crippen LogP contribution in [-0.2, 0) is 6.54 Å². The lowest BCUT2D eigenvalue weighted by Gasteiger charge is -2.24. The Balaban J connectivity index is 2.65. The molecule has 1 nitrogen and oxygen atoms in total. The maximum atomic E-state index is 3.58. The third kappa shape index (κ3) is 4.05. The van der Waals surface area contributed by atoms with Crippen LogP contribution in [0.3, 0.4) is 0 Å². The Morgan fingerprint density at radius 3 is 2.07 bits per heavy atom. The Hall–Kier alpha value is -0.820. The van der Waals surface area contributed by atoms with E-state index in [1.54, 1.807) is 0 Å². The zero-order chi connectivity index (χ0) is 11.5. The van der Waals surface area contributed by atoms with Crippen molar-refractivity contribution < 1.29 is 0 Å². The minimum atomic E-state index is 0.234. The Bertz CT molecular complexity index is 306. The molecule has 0 aliphatic rings. The number of nitrogens with one attached hydrogen (secondary N) is 1. The van der Waals surface area contributed by atoms with Gasteiger partial charge in [0.15, 0.2) is 0 Å². The molecule has 1 rings (SSSR count). The Labute approximate surface area is 93.9 Å². The summed E-state index contributed by atoms with van der Waals surface area (Å²) in [7, 11) is 0. The maximum absolute atomic E-state index is 3.58. The molecule has 0 saturated carbocycles. The smallest absolute Gasteiger partial charge is 0.0210 e. The van der Waals surface area contributed by atoms with Gasteiger partial charge in [0.1, 0.15) is 0 Å². The highest BCUT2D eigenvalue weighted by atomic mass is 14.9. The molecule has 0 fully saturated rings. The molecule has 1 aromatic rings. The summed E-state index contributed by atoms with van der Waals surface area (Å²) in [5.74, 6) is 0. The van der Waals surface area contributed by atoms with Gasteiger partial charge < -0.3 is 5.32 Å². The van der Waals surface area contributed by atoms with Crippen LogP contribution in [0.2, 0.25) is 0 Å². The molecule has 0 aliphatic carbocycles. The van der Waals surface area contributed by atoms with Gasteiger partial charge in [0.2, 0.25) is 0 Å². The average Bonchev–Trinajstić information content (AvgIpc) is 2.14. The highest BCUT2D eigenvalue weighted by Gasteiger charge is 2.13. The monoisotopic (exact) mass is 205 g/mol. The molecule has 15 heavy (non-hydrogen) atoms. The molecule has 1 aromatic carbocycles. The molecule has 0 saturated heterocycles. The van der Waals surface area contributed by atoms with Crippen molar-refractivity contribution in [2.75, 3.05) is 0 Å². The fourth-order valence-electron chi connectivity index (χ4n) is 1.64. The predicted molar refractivity (Wildman–Crippen MR) is 67.1 cm³/mol. The van der Waals surface area contributed by atoms with Gasteiger partial charge >= 0.3 is 0 Å². The van der Waals surface area contributed by atoms with Crippen LogP contribution in [0.1, 0.15) is 43.9 Å². The summed E-state index contributed by atoms with van der Waals surface area (Å²) in [5, 5.41) is 3.58. The summed E-state index contributed by atoms with van der Waals surface area (Å²) in [5.41, 5.74) is 4.31. The Morgan fingerprint density at radius 2 is 1.60 bits per heavy atom. The zero-order valence-electron chi connectivity index (χ0n) is 10.6. The molecular formula is C14H23N. The minimum absolute atomic E-state index is 0.234. The van der Waals surface area contributed by atoms with Crippen molar-refractivity contribution in [3.05, 3.63) is 34.9 Å². The molecule has 0 aliphatic heterocycles. The van der Waals surface area contributed by atoms with Gasteiger partial charge in [0, 0.05) is 12.1 Å². The summed E-state index contributed by atoms with van der Waals surface area (Å²) < 4.78 is 0. The largest absolute Gasteiger partial charge is 0.308 e. The lowest BCUT2D eigenvalue weighted by atomic mass is 10.0. The first kappa shape index (κ1) is 12.3. The van der Waals surface area contributed by atoms with Crippen LogP contribution in [0.5, 0.6) is 0 Å². The van der Waals surface area contributed by atoms with Crippen molar-refractivity contribution in [3.8, 4) is 0 Å². The van der Waals surface area contributed by atoms with E-state index >= 15 is 0 Å². The second-order valence-corrected chi connectivity index (χ2v) is 5.09. The van der Waals surface area contributed by atoms with Crippen LogP contribution < -0.4 is 5.32 Å². The van der Waals surface area contributed by atoms with Gasteiger partial charge in [0.25, 0.3) is 0 Å². The third-order valence-corrected chi connectivity index (χ3v) is 2.94. The van der Waals surface area contributed by atoms with E-state index in [4.69, 9.17) is 0 Å². The van der Waals surface area contributed by atoms with Crippen molar-refractivity contribution in [2.24, 2.45) is 0 Å². The van der Waals surface area contributed by atoms with Gasteiger partial charge in [-0.05, 0) is 39.7 Å². The summed E-state index contributed by atoms with van der Waals surface area (Å²) >= 11 is 0. The highest BCUT2D eigenvalue weighted by molar-refractivity contribution is 5.28. The molecule has 0 bridgehead atoms. The molecule has 1 N–H and O–H groups in total. The number of hydrogen-bond donors (Lipinski definition) is 1. The molecule has 0 atom stereocenters. The third-order valence-electron chi connectivity index (χ3n) is 2.94. The van der Waals surface area contributed by atoms with Crippen molar-refractivity contribution in [1.29, 1.82) is 0 Å². The van der Waals surface area contributed by atoms with Crippen molar-refractivity contribution in [1.82, 2.24) is 5.32 Å². The van der Waals surface area contributed by atoms with Crippen LogP contribution in [0.4, 0.5) is 0 Å². The molecule has 84 valence electrons. The fourth-order valence-corrected chi connectivity index (χ4v) is 1.64. The molecular weight excluding hydrogens is 182 g/mol. The van der Waals surface area contributed by atoms with E-state index in [0.717, 1.165) is 13.0 Å². The van der Waals surface area contributed by atoms with Gasteiger partial charge in [-0.2, -0.15) is 0 Å². The van der Waals surface area contributed by atoms with E-state index in [2.05, 4.69) is 58.1 Å². The van der Waals surface area contributed by atoms with Crippen molar-refractivity contribution in [2.45, 2.75) is 53.1 Å². The first-order valence-electron chi connectivity index (χ1n) is 5.75. The van der Waals surface area contributed by atoms with Gasteiger partial charge in [-0.25, -0.2) is 0 Å². The van der Waals surface area contributed by atoms with Crippen LogP contribution in [0.15, 0.2) is 18.2 Å². The summed E-state index contributed by atoms with van der Waals surface area (Å²) in [6.07, 6.45) is 1.15. The Morgan fingerprint density at radius 1 is 1.07 bits per heavy atom. The normalized spacial score (nSPS) is 11.8. The minimum Gasteiger partial charge on any atom is -0.308 e. The van der Waals surface area contributed by atoms with E-state index in [1.807, 2.05) is 0 Å². The molecule has 0 heterocycles. The van der Waals surface area contributed by atoms with Crippen molar-refractivity contribution >= 4 is 0 Å². The lowest BCUT2D eigenvalue weighted by Crippen LogP contribution is -2.37. The van der Waals surface area contributed by atoms with Crippen LogP contribution in [0.25, 0.3) is 0 Å².